The summed E-state index contributed by atoms with van der Waals surface area (Å²) in [5, 5.41) is 2.89. The molecule has 2 N–H and O–H groups in total. The largest absolute Gasteiger partial charge is 0.497 e. The minimum atomic E-state index is -0.545. The Hall–Kier alpha value is -2.87. The van der Waals surface area contributed by atoms with Crippen molar-refractivity contribution < 1.29 is 18.8 Å². The lowest BCUT2D eigenvalue weighted by atomic mass is 10.1. The van der Waals surface area contributed by atoms with Crippen molar-refractivity contribution in [2.24, 2.45) is 5.92 Å². The zero-order valence-corrected chi connectivity index (χ0v) is 15.6. The molecule has 2 aromatic rings. The topological polar surface area (TPSA) is 81.6 Å². The third-order valence-corrected chi connectivity index (χ3v) is 5.07. The molecule has 1 amide bonds. The number of hydrogen-bond acceptors (Lipinski definition) is 5. The van der Waals surface area contributed by atoms with Crippen LogP contribution in [0.2, 0.25) is 0 Å². The van der Waals surface area contributed by atoms with Gasteiger partial charge in [-0.05, 0) is 43.7 Å². The smallest absolute Gasteiger partial charge is 0.278 e. The molecular weight excluding hydrogens is 365 g/mol. The Bertz CT molecular complexity index is 969. The Balaban J connectivity index is 1.66. The van der Waals surface area contributed by atoms with Crippen molar-refractivity contribution in [2.75, 3.05) is 19.0 Å². The molecule has 1 aromatic heterocycles. The van der Waals surface area contributed by atoms with Crippen LogP contribution in [0.15, 0.2) is 29.1 Å². The lowest BCUT2D eigenvalue weighted by molar-refractivity contribution is 0.0269. The molecule has 0 bridgehead atoms. The van der Waals surface area contributed by atoms with E-state index in [0.29, 0.717) is 42.5 Å². The molecule has 148 valence electrons. The van der Waals surface area contributed by atoms with Crippen LogP contribution in [-0.4, -0.2) is 24.2 Å². The van der Waals surface area contributed by atoms with Gasteiger partial charge in [-0.3, -0.25) is 14.4 Å². The number of nitrogens with one attached hydrogen (secondary N) is 2. The van der Waals surface area contributed by atoms with Crippen molar-refractivity contribution in [3.8, 4) is 5.75 Å². The summed E-state index contributed by atoms with van der Waals surface area (Å²) < 4.78 is 21.0. The van der Waals surface area contributed by atoms with E-state index < -0.39 is 11.7 Å². The zero-order valence-electron chi connectivity index (χ0n) is 15.6. The van der Waals surface area contributed by atoms with E-state index in [-0.39, 0.29) is 16.9 Å². The highest BCUT2D eigenvalue weighted by Gasteiger charge is 2.26. The van der Waals surface area contributed by atoms with Gasteiger partial charge in [0.05, 0.1) is 30.7 Å². The van der Waals surface area contributed by atoms with E-state index in [9.17, 15) is 14.0 Å². The number of carbonyl (C=O) groups is 1. The van der Waals surface area contributed by atoms with Gasteiger partial charge in [-0.1, -0.05) is 0 Å². The van der Waals surface area contributed by atoms with Gasteiger partial charge in [0.2, 0.25) is 0 Å². The van der Waals surface area contributed by atoms with Gasteiger partial charge in [-0.25, -0.2) is 9.87 Å². The second kappa shape index (κ2) is 7.63. The molecule has 0 saturated heterocycles. The zero-order chi connectivity index (χ0) is 19.7. The van der Waals surface area contributed by atoms with E-state index in [4.69, 9.17) is 9.57 Å². The van der Waals surface area contributed by atoms with E-state index in [1.165, 1.54) is 25.3 Å². The fourth-order valence-corrected chi connectivity index (χ4v) is 3.39. The predicted molar refractivity (Wildman–Crippen MR) is 101 cm³/mol. The molecule has 0 spiro atoms. The molecule has 28 heavy (non-hydrogen) atoms. The number of fused-ring (bicyclic) bond motifs is 1. The Labute approximate surface area is 161 Å². The average molecular weight is 387 g/mol. The monoisotopic (exact) mass is 387 g/mol. The van der Waals surface area contributed by atoms with Gasteiger partial charge in [0.25, 0.3) is 11.5 Å². The molecule has 7 nitrogen and oxygen atoms in total. The molecule has 1 aromatic carbocycles. The van der Waals surface area contributed by atoms with Crippen molar-refractivity contribution in [3.05, 3.63) is 51.7 Å². The molecule has 2 aliphatic rings. The molecule has 1 aliphatic heterocycles. The standard InChI is InChI=1S/C20H22FN3O4/c1-27-13-6-7-15(14(21)9-13)22-16-10-18(25)24-8-2-3-17(24)19(16)20(26)23-28-11-12-4-5-12/h6-7,9-10,12,22H,2-5,8,11H2,1H3,(H,23,26). The molecule has 0 atom stereocenters. The van der Waals surface area contributed by atoms with Crippen molar-refractivity contribution in [2.45, 2.75) is 32.2 Å². The van der Waals surface area contributed by atoms with Gasteiger partial charge >= 0.3 is 0 Å². The maximum absolute atomic E-state index is 14.4. The number of anilines is 2. The number of pyridine rings is 1. The van der Waals surface area contributed by atoms with E-state index >= 15 is 0 Å². The van der Waals surface area contributed by atoms with E-state index in [1.54, 1.807) is 10.6 Å². The van der Waals surface area contributed by atoms with Crippen LogP contribution in [0.4, 0.5) is 15.8 Å². The van der Waals surface area contributed by atoms with Crippen LogP contribution < -0.4 is 21.1 Å². The fourth-order valence-electron chi connectivity index (χ4n) is 3.39. The minimum Gasteiger partial charge on any atom is -0.497 e. The molecule has 4 rings (SSSR count). The van der Waals surface area contributed by atoms with E-state index in [1.807, 2.05) is 0 Å². The van der Waals surface area contributed by atoms with Crippen LogP contribution in [-0.2, 0) is 17.8 Å². The van der Waals surface area contributed by atoms with Gasteiger partial charge in [0.1, 0.15) is 11.6 Å². The van der Waals surface area contributed by atoms with Crippen molar-refractivity contribution in [3.63, 3.8) is 0 Å². The Kier molecular flexibility index (Phi) is 5.04. The number of ether oxygens (including phenoxy) is 1. The second-order valence-corrected chi connectivity index (χ2v) is 7.13. The summed E-state index contributed by atoms with van der Waals surface area (Å²) in [6, 6.07) is 5.67. The van der Waals surface area contributed by atoms with Gasteiger partial charge in [-0.2, -0.15) is 0 Å². The van der Waals surface area contributed by atoms with Crippen LogP contribution in [0, 0.1) is 11.7 Å². The number of hydrogen-bond donors (Lipinski definition) is 2. The lowest BCUT2D eigenvalue weighted by Gasteiger charge is -2.17. The number of methoxy groups -OCH3 is 1. The molecule has 1 fully saturated rings. The number of hydroxylamine groups is 1. The van der Waals surface area contributed by atoms with Crippen LogP contribution in [0.25, 0.3) is 0 Å². The van der Waals surface area contributed by atoms with Gasteiger partial charge in [0.15, 0.2) is 0 Å². The molecule has 1 aliphatic carbocycles. The predicted octanol–water partition coefficient (Wildman–Crippen LogP) is 2.76. The Morgan fingerprint density at radius 3 is 2.82 bits per heavy atom. The summed E-state index contributed by atoms with van der Waals surface area (Å²) in [5.74, 6) is -0.113. The quantitative estimate of drug-likeness (QED) is 0.714. The third-order valence-electron chi connectivity index (χ3n) is 5.07. The van der Waals surface area contributed by atoms with E-state index in [0.717, 1.165) is 19.3 Å². The Morgan fingerprint density at radius 1 is 1.29 bits per heavy atom. The highest BCUT2D eigenvalue weighted by Crippen LogP contribution is 2.30. The number of aromatic nitrogens is 1. The van der Waals surface area contributed by atoms with Crippen molar-refractivity contribution in [1.82, 2.24) is 10.0 Å². The summed E-state index contributed by atoms with van der Waals surface area (Å²) in [6.07, 6.45) is 3.59. The van der Waals surface area contributed by atoms with E-state index in [2.05, 4.69) is 10.8 Å². The number of carbonyl (C=O) groups excluding carboxylic acids is 1. The lowest BCUT2D eigenvalue weighted by Crippen LogP contribution is -2.30. The van der Waals surface area contributed by atoms with Crippen LogP contribution in [0.1, 0.15) is 35.3 Å². The number of rotatable bonds is 7. The summed E-state index contributed by atoms with van der Waals surface area (Å²) in [4.78, 5) is 30.6. The summed E-state index contributed by atoms with van der Waals surface area (Å²) in [5.41, 5.74) is 3.60. The molecular formula is C20H22FN3O4. The maximum Gasteiger partial charge on any atom is 0.278 e. The number of halogens is 1. The average Bonchev–Trinajstić information content (AvgIpc) is 3.37. The SMILES string of the molecule is COc1ccc(Nc2cc(=O)n3c(c2C(=O)NOCC2CC2)CCC3)c(F)c1. The van der Waals surface area contributed by atoms with Crippen molar-refractivity contribution >= 4 is 17.3 Å². The minimum absolute atomic E-state index is 0.149. The number of nitrogens with zero attached hydrogens (tertiary/aromatic N) is 1. The molecule has 8 heteroatoms. The first-order valence-electron chi connectivity index (χ1n) is 9.36. The first kappa shape index (κ1) is 18.5. The van der Waals surface area contributed by atoms with Gasteiger partial charge < -0.3 is 14.6 Å². The summed E-state index contributed by atoms with van der Waals surface area (Å²) >= 11 is 0. The molecule has 0 unspecified atom stereocenters. The number of benzene rings is 1. The van der Waals surface area contributed by atoms with Crippen LogP contribution in [0.3, 0.4) is 0 Å². The molecule has 0 radical (unpaired) electrons. The third kappa shape index (κ3) is 3.73. The fraction of sp³-hybridized carbons (Fsp3) is 0.400. The van der Waals surface area contributed by atoms with Crippen molar-refractivity contribution in [1.29, 1.82) is 0 Å². The van der Waals surface area contributed by atoms with Gasteiger partial charge in [-0.15, -0.1) is 0 Å². The highest BCUT2D eigenvalue weighted by atomic mass is 19.1. The highest BCUT2D eigenvalue weighted by molar-refractivity contribution is 6.01. The van der Waals surface area contributed by atoms with Crippen LogP contribution in [0.5, 0.6) is 5.75 Å². The maximum atomic E-state index is 14.4. The molecule has 2 heterocycles. The summed E-state index contributed by atoms with van der Waals surface area (Å²) in [7, 11) is 1.45. The summed E-state index contributed by atoms with van der Waals surface area (Å²) in [6.45, 7) is 1.03. The first-order chi connectivity index (χ1) is 13.6. The Morgan fingerprint density at radius 2 is 2.11 bits per heavy atom. The number of amides is 1. The van der Waals surface area contributed by atoms with Crippen LogP contribution >= 0.6 is 0 Å². The normalized spacial score (nSPS) is 15.2. The molecule has 1 saturated carbocycles. The first-order valence-corrected chi connectivity index (χ1v) is 9.36. The second-order valence-electron chi connectivity index (χ2n) is 7.13. The van der Waals surface area contributed by atoms with Gasteiger partial charge in [0, 0.05) is 24.4 Å².